The molecule has 1 aliphatic carbocycles. The van der Waals surface area contributed by atoms with Gasteiger partial charge in [-0.2, -0.15) is 4.31 Å². The molecule has 2 aliphatic rings. The van der Waals surface area contributed by atoms with E-state index in [0.29, 0.717) is 11.4 Å². The predicted octanol–water partition coefficient (Wildman–Crippen LogP) is 7.84. The van der Waals surface area contributed by atoms with Gasteiger partial charge >= 0.3 is 0 Å². The van der Waals surface area contributed by atoms with Gasteiger partial charge in [-0.15, -0.1) is 0 Å². The summed E-state index contributed by atoms with van der Waals surface area (Å²) in [6, 6.07) is 29.2. The Hall–Kier alpha value is -2.25. The highest BCUT2D eigenvalue weighted by molar-refractivity contribution is 7.89. The monoisotopic (exact) mass is 617 g/mol. The molecule has 1 aliphatic heterocycles. The standard InChI is InChI=1S/C37H51NO3SSi/c1-6-7-21-34-35(41-43(36(3,4)5,32-17-10-8-11-18-32)33-19-12-9-13-20-33)22-16-28-37(34)27-14-15-29-38(37)42(39,40)31-25-23-30(2)24-26-31/h8-13,17-20,23-26,34-35H,6-7,14-16,21-22,27-29H2,1-5H3/t34-,35+,37-/m1/s1. The van der Waals surface area contributed by atoms with Crippen molar-refractivity contribution in [2.24, 2.45) is 5.92 Å². The molecule has 0 aromatic heterocycles. The van der Waals surface area contributed by atoms with Crippen LogP contribution in [-0.4, -0.2) is 39.2 Å². The van der Waals surface area contributed by atoms with Crippen LogP contribution in [0.4, 0.5) is 0 Å². The second kappa shape index (κ2) is 13.0. The number of hydrogen-bond donors (Lipinski definition) is 0. The van der Waals surface area contributed by atoms with Crippen molar-refractivity contribution in [3.8, 4) is 0 Å². The normalized spacial score (nSPS) is 23.8. The van der Waals surface area contributed by atoms with Crippen LogP contribution >= 0.6 is 0 Å². The Labute approximate surface area is 262 Å². The van der Waals surface area contributed by atoms with Crippen molar-refractivity contribution in [3.63, 3.8) is 0 Å². The molecule has 3 atom stereocenters. The van der Waals surface area contributed by atoms with Crippen molar-refractivity contribution in [3.05, 3.63) is 90.5 Å². The molecule has 1 saturated heterocycles. The third-order valence-electron chi connectivity index (χ3n) is 10.2. The first-order chi connectivity index (χ1) is 20.6. The van der Waals surface area contributed by atoms with Crippen LogP contribution in [0.2, 0.25) is 5.04 Å². The first kappa shape index (κ1) is 32.1. The first-order valence-corrected chi connectivity index (χ1v) is 19.8. The van der Waals surface area contributed by atoms with Gasteiger partial charge in [0.25, 0.3) is 8.32 Å². The number of unbranched alkanes of at least 4 members (excludes halogenated alkanes) is 1. The van der Waals surface area contributed by atoms with Gasteiger partial charge in [0, 0.05) is 18.0 Å². The van der Waals surface area contributed by atoms with Crippen molar-refractivity contribution in [1.82, 2.24) is 4.31 Å². The van der Waals surface area contributed by atoms with Gasteiger partial charge in [-0.05, 0) is 73.0 Å². The summed E-state index contributed by atoms with van der Waals surface area (Å²) in [5, 5.41) is 2.45. The quantitative estimate of drug-likeness (QED) is 0.230. The lowest BCUT2D eigenvalue weighted by molar-refractivity contribution is -0.0479. The number of piperidine rings is 1. The number of rotatable bonds is 9. The molecule has 0 N–H and O–H groups in total. The smallest absolute Gasteiger partial charge is 0.261 e. The van der Waals surface area contributed by atoms with Gasteiger partial charge in [0.05, 0.1) is 11.0 Å². The average Bonchev–Trinajstić information content (AvgIpc) is 3.00. The van der Waals surface area contributed by atoms with Gasteiger partial charge in [0.2, 0.25) is 10.0 Å². The van der Waals surface area contributed by atoms with Crippen LogP contribution in [0.1, 0.15) is 91.0 Å². The molecule has 1 heterocycles. The number of sulfonamides is 1. The molecule has 1 spiro atoms. The summed E-state index contributed by atoms with van der Waals surface area (Å²) in [5.41, 5.74) is 0.649. The summed E-state index contributed by atoms with van der Waals surface area (Å²) >= 11 is 0. The summed E-state index contributed by atoms with van der Waals surface area (Å²) in [5.74, 6) is 0.142. The zero-order chi connectivity index (χ0) is 30.7. The Kier molecular flexibility index (Phi) is 9.72. The summed E-state index contributed by atoms with van der Waals surface area (Å²) in [6.45, 7) is 11.9. The van der Waals surface area contributed by atoms with Crippen LogP contribution in [0.15, 0.2) is 89.8 Å². The fraction of sp³-hybridized carbons (Fsp3) is 0.514. The van der Waals surface area contributed by atoms with Gasteiger partial charge in [0.1, 0.15) is 0 Å². The number of nitrogens with zero attached hydrogens (tertiary/aromatic N) is 1. The molecule has 6 heteroatoms. The Bertz CT molecular complexity index is 1390. The molecule has 232 valence electrons. The lowest BCUT2D eigenvalue weighted by atomic mass is 9.65. The molecule has 1 saturated carbocycles. The summed E-state index contributed by atoms with van der Waals surface area (Å²) in [4.78, 5) is 0.420. The van der Waals surface area contributed by atoms with E-state index in [1.54, 1.807) is 12.1 Å². The summed E-state index contributed by atoms with van der Waals surface area (Å²) < 4.78 is 38.8. The molecule has 2 fully saturated rings. The van der Waals surface area contributed by atoms with Gasteiger partial charge < -0.3 is 4.43 Å². The van der Waals surface area contributed by atoms with Crippen LogP contribution in [0.5, 0.6) is 0 Å². The highest BCUT2D eigenvalue weighted by Gasteiger charge is 2.58. The fourth-order valence-electron chi connectivity index (χ4n) is 8.13. The molecule has 0 unspecified atom stereocenters. The van der Waals surface area contributed by atoms with E-state index in [9.17, 15) is 8.42 Å². The minimum atomic E-state index is -3.66. The van der Waals surface area contributed by atoms with Gasteiger partial charge in [-0.3, -0.25) is 0 Å². The van der Waals surface area contributed by atoms with E-state index < -0.39 is 23.9 Å². The number of aryl methyl sites for hydroxylation is 1. The maximum atomic E-state index is 14.5. The zero-order valence-corrected chi connectivity index (χ0v) is 28.7. The van der Waals surface area contributed by atoms with E-state index in [4.69, 9.17) is 4.43 Å². The lowest BCUT2D eigenvalue weighted by Crippen LogP contribution is -2.70. The Morgan fingerprint density at radius 1 is 0.860 bits per heavy atom. The largest absolute Gasteiger partial charge is 0.404 e. The molecule has 0 bridgehead atoms. The van der Waals surface area contributed by atoms with Crippen molar-refractivity contribution < 1.29 is 12.8 Å². The maximum absolute atomic E-state index is 14.5. The Morgan fingerprint density at radius 3 is 2.00 bits per heavy atom. The van der Waals surface area contributed by atoms with E-state index in [-0.39, 0.29) is 17.1 Å². The Balaban J connectivity index is 1.64. The number of benzene rings is 3. The van der Waals surface area contributed by atoms with E-state index in [2.05, 4.69) is 88.4 Å². The third kappa shape index (κ3) is 6.05. The summed E-state index contributed by atoms with van der Waals surface area (Å²) in [7, 11) is -6.46. The second-order valence-electron chi connectivity index (χ2n) is 13.9. The van der Waals surface area contributed by atoms with Gasteiger partial charge in [-0.1, -0.05) is 125 Å². The van der Waals surface area contributed by atoms with Gasteiger partial charge in [0.15, 0.2) is 0 Å². The molecule has 3 aromatic carbocycles. The molecule has 3 aromatic rings. The van der Waals surface area contributed by atoms with Crippen LogP contribution in [0.3, 0.4) is 0 Å². The maximum Gasteiger partial charge on any atom is 0.261 e. The molecule has 0 radical (unpaired) electrons. The van der Waals surface area contributed by atoms with Crippen LogP contribution in [-0.2, 0) is 14.4 Å². The molecular weight excluding hydrogens is 567 g/mol. The van der Waals surface area contributed by atoms with Crippen LogP contribution < -0.4 is 10.4 Å². The highest BCUT2D eigenvalue weighted by atomic mass is 32.2. The van der Waals surface area contributed by atoms with Crippen molar-refractivity contribution >= 4 is 28.7 Å². The fourth-order valence-corrected chi connectivity index (χ4v) is 14.8. The van der Waals surface area contributed by atoms with E-state index in [1.165, 1.54) is 10.4 Å². The van der Waals surface area contributed by atoms with Crippen molar-refractivity contribution in [2.75, 3.05) is 6.54 Å². The topological polar surface area (TPSA) is 46.6 Å². The molecule has 5 rings (SSSR count). The minimum absolute atomic E-state index is 0.0135. The SMILES string of the molecule is CCCC[C@@H]1[C@@H](O[Si](c2ccccc2)(c2ccccc2)C(C)(C)C)CCC[C@]12CCCCN2S(=O)(=O)c1ccc(C)cc1. The lowest BCUT2D eigenvalue weighted by Gasteiger charge is -2.57. The second-order valence-corrected chi connectivity index (χ2v) is 20.0. The molecule has 43 heavy (non-hydrogen) atoms. The molecule has 4 nitrogen and oxygen atoms in total. The van der Waals surface area contributed by atoms with E-state index in [1.807, 2.05) is 23.4 Å². The summed E-state index contributed by atoms with van der Waals surface area (Å²) in [6.07, 6.45) is 8.88. The minimum Gasteiger partial charge on any atom is -0.404 e. The zero-order valence-electron chi connectivity index (χ0n) is 26.9. The Morgan fingerprint density at radius 2 is 1.44 bits per heavy atom. The van der Waals surface area contributed by atoms with E-state index in [0.717, 1.165) is 63.4 Å². The van der Waals surface area contributed by atoms with Crippen molar-refractivity contribution in [2.45, 2.75) is 114 Å². The predicted molar refractivity (Wildman–Crippen MR) is 181 cm³/mol. The van der Waals surface area contributed by atoms with Crippen LogP contribution in [0, 0.1) is 12.8 Å². The van der Waals surface area contributed by atoms with E-state index >= 15 is 0 Å². The molecular formula is C37H51NO3SSi. The first-order valence-electron chi connectivity index (χ1n) is 16.4. The third-order valence-corrected chi connectivity index (χ3v) is 17.2. The molecule has 0 amide bonds. The van der Waals surface area contributed by atoms with Crippen LogP contribution in [0.25, 0.3) is 0 Å². The highest BCUT2D eigenvalue weighted by Crippen LogP contribution is 2.51. The number of hydrogen-bond acceptors (Lipinski definition) is 3. The van der Waals surface area contributed by atoms with Gasteiger partial charge in [-0.25, -0.2) is 8.42 Å². The van der Waals surface area contributed by atoms with Crippen molar-refractivity contribution in [1.29, 1.82) is 0 Å². The average molecular weight is 618 g/mol.